The SMILES string of the molecule is Cc1c(C(=O)Nc2c(C)n(C)n(C3CCCCC3)c2=O)noc1C1CC=CC(C(C)C)O1. The van der Waals surface area contributed by atoms with Crippen LogP contribution in [0.4, 0.5) is 5.69 Å². The number of amides is 1. The van der Waals surface area contributed by atoms with Gasteiger partial charge in [-0.3, -0.25) is 14.3 Å². The van der Waals surface area contributed by atoms with Crippen molar-refractivity contribution in [2.75, 3.05) is 5.32 Å². The Morgan fingerprint density at radius 2 is 1.94 bits per heavy atom. The number of hydrogen-bond acceptors (Lipinski definition) is 5. The molecule has 0 aromatic carbocycles. The number of carbonyl (C=O) groups is 1. The normalized spacial score (nSPS) is 21.9. The number of ether oxygens (including phenoxy) is 1. The third-order valence-corrected chi connectivity index (χ3v) is 6.87. The molecule has 1 N–H and O–H groups in total. The molecule has 4 rings (SSSR count). The van der Waals surface area contributed by atoms with E-state index in [0.29, 0.717) is 29.3 Å². The Hall–Kier alpha value is -2.61. The van der Waals surface area contributed by atoms with E-state index in [4.69, 9.17) is 9.26 Å². The van der Waals surface area contributed by atoms with Gasteiger partial charge in [0.2, 0.25) is 0 Å². The number of hydrogen-bond donors (Lipinski definition) is 1. The summed E-state index contributed by atoms with van der Waals surface area (Å²) in [7, 11) is 1.87. The molecule has 0 spiro atoms. The molecule has 2 aromatic heterocycles. The van der Waals surface area contributed by atoms with Gasteiger partial charge in [0.1, 0.15) is 11.8 Å². The molecule has 0 saturated heterocycles. The predicted molar refractivity (Wildman–Crippen MR) is 122 cm³/mol. The molecule has 0 bridgehead atoms. The second-order valence-electron chi connectivity index (χ2n) is 9.40. The third-order valence-electron chi connectivity index (χ3n) is 6.87. The van der Waals surface area contributed by atoms with E-state index in [0.717, 1.165) is 31.4 Å². The molecular weight excluding hydrogens is 408 g/mol. The van der Waals surface area contributed by atoms with Gasteiger partial charge in [-0.1, -0.05) is 50.4 Å². The topological polar surface area (TPSA) is 91.3 Å². The molecular formula is C24H34N4O4. The minimum Gasteiger partial charge on any atom is -0.362 e. The standard InChI is InChI=1S/C24H34N4O4/c1-14(2)18-12-9-13-19(31-18)22-15(3)20(26-32-22)23(29)25-21-16(4)27(5)28(24(21)30)17-10-7-6-8-11-17/h9,12,14,17-19H,6-8,10-11,13H2,1-5H3,(H,25,29). The van der Waals surface area contributed by atoms with Gasteiger partial charge in [-0.15, -0.1) is 0 Å². The molecule has 1 amide bonds. The Balaban J connectivity index is 1.56. The van der Waals surface area contributed by atoms with Gasteiger partial charge in [0, 0.05) is 12.6 Å². The van der Waals surface area contributed by atoms with Gasteiger partial charge < -0.3 is 14.6 Å². The quantitative estimate of drug-likeness (QED) is 0.684. The summed E-state index contributed by atoms with van der Waals surface area (Å²) in [6.07, 6.45) is 9.99. The zero-order chi connectivity index (χ0) is 23.0. The van der Waals surface area contributed by atoms with Crippen molar-refractivity contribution in [2.45, 2.75) is 84.5 Å². The van der Waals surface area contributed by atoms with Crippen LogP contribution in [0.1, 0.15) is 92.0 Å². The van der Waals surface area contributed by atoms with E-state index in [1.165, 1.54) is 6.42 Å². The van der Waals surface area contributed by atoms with Gasteiger partial charge in [0.25, 0.3) is 11.5 Å². The van der Waals surface area contributed by atoms with Crippen LogP contribution in [0.15, 0.2) is 21.5 Å². The molecule has 32 heavy (non-hydrogen) atoms. The second-order valence-corrected chi connectivity index (χ2v) is 9.40. The van der Waals surface area contributed by atoms with Crippen molar-refractivity contribution >= 4 is 11.6 Å². The van der Waals surface area contributed by atoms with Crippen LogP contribution in [0.2, 0.25) is 0 Å². The highest BCUT2D eigenvalue weighted by Gasteiger charge is 2.30. The van der Waals surface area contributed by atoms with Crippen molar-refractivity contribution in [3.63, 3.8) is 0 Å². The van der Waals surface area contributed by atoms with Crippen molar-refractivity contribution in [3.05, 3.63) is 45.2 Å². The summed E-state index contributed by atoms with van der Waals surface area (Å²) in [5.41, 5.74) is 1.71. The molecule has 2 aliphatic rings. The smallest absolute Gasteiger partial charge is 0.291 e. The average molecular weight is 443 g/mol. The maximum Gasteiger partial charge on any atom is 0.291 e. The largest absolute Gasteiger partial charge is 0.362 e. The van der Waals surface area contributed by atoms with Crippen molar-refractivity contribution in [2.24, 2.45) is 13.0 Å². The summed E-state index contributed by atoms with van der Waals surface area (Å²) in [4.78, 5) is 26.2. The molecule has 3 heterocycles. The summed E-state index contributed by atoms with van der Waals surface area (Å²) in [6.45, 7) is 7.87. The lowest BCUT2D eigenvalue weighted by Gasteiger charge is -2.27. The number of carbonyl (C=O) groups excluding carboxylic acids is 1. The van der Waals surface area contributed by atoms with Crippen LogP contribution < -0.4 is 10.9 Å². The molecule has 8 nitrogen and oxygen atoms in total. The molecule has 0 radical (unpaired) electrons. The monoisotopic (exact) mass is 442 g/mol. The summed E-state index contributed by atoms with van der Waals surface area (Å²) < 4.78 is 15.3. The lowest BCUT2D eigenvalue weighted by molar-refractivity contribution is -0.0305. The fourth-order valence-corrected chi connectivity index (χ4v) is 4.82. The average Bonchev–Trinajstić information content (AvgIpc) is 3.27. The molecule has 1 aliphatic carbocycles. The van der Waals surface area contributed by atoms with E-state index in [2.05, 4.69) is 36.5 Å². The van der Waals surface area contributed by atoms with Gasteiger partial charge in [-0.05, 0) is 39.0 Å². The van der Waals surface area contributed by atoms with Gasteiger partial charge in [0.05, 0.1) is 17.8 Å². The minimum absolute atomic E-state index is 0.000694. The first-order valence-corrected chi connectivity index (χ1v) is 11.7. The molecule has 1 saturated carbocycles. The van der Waals surface area contributed by atoms with Crippen LogP contribution >= 0.6 is 0 Å². The molecule has 2 unspecified atom stereocenters. The van der Waals surface area contributed by atoms with Gasteiger partial charge in [-0.25, -0.2) is 4.68 Å². The first-order chi connectivity index (χ1) is 15.3. The summed E-state index contributed by atoms with van der Waals surface area (Å²) in [5.74, 6) is 0.466. The Labute approximate surface area is 188 Å². The third kappa shape index (κ3) is 4.08. The zero-order valence-electron chi connectivity index (χ0n) is 19.7. The predicted octanol–water partition coefficient (Wildman–Crippen LogP) is 4.59. The Bertz CT molecular complexity index is 1070. The van der Waals surface area contributed by atoms with Crippen LogP contribution in [-0.2, 0) is 11.8 Å². The first-order valence-electron chi connectivity index (χ1n) is 11.7. The van der Waals surface area contributed by atoms with Gasteiger partial charge in [-0.2, -0.15) is 0 Å². The van der Waals surface area contributed by atoms with Crippen LogP contribution in [0.5, 0.6) is 0 Å². The van der Waals surface area contributed by atoms with Crippen molar-refractivity contribution in [1.29, 1.82) is 0 Å². The minimum atomic E-state index is -0.439. The number of aromatic nitrogens is 3. The highest BCUT2D eigenvalue weighted by Crippen LogP contribution is 2.33. The summed E-state index contributed by atoms with van der Waals surface area (Å²) in [5, 5.41) is 6.84. The molecule has 8 heteroatoms. The van der Waals surface area contributed by atoms with Gasteiger partial charge >= 0.3 is 0 Å². The molecule has 174 valence electrons. The number of nitrogens with zero attached hydrogens (tertiary/aromatic N) is 3. The number of nitrogens with one attached hydrogen (secondary N) is 1. The second kappa shape index (κ2) is 9.10. The highest BCUT2D eigenvalue weighted by atomic mass is 16.5. The lowest BCUT2D eigenvalue weighted by Crippen LogP contribution is -2.29. The maximum absolute atomic E-state index is 13.2. The van der Waals surface area contributed by atoms with Crippen LogP contribution in [0.25, 0.3) is 0 Å². The van der Waals surface area contributed by atoms with Gasteiger partial charge in [0.15, 0.2) is 11.5 Å². The van der Waals surface area contributed by atoms with Crippen molar-refractivity contribution in [1.82, 2.24) is 14.5 Å². The Kier molecular flexibility index (Phi) is 6.42. The van der Waals surface area contributed by atoms with Crippen molar-refractivity contribution < 1.29 is 14.1 Å². The molecule has 1 fully saturated rings. The number of rotatable bonds is 5. The maximum atomic E-state index is 13.2. The molecule has 2 atom stereocenters. The first kappa shape index (κ1) is 22.6. The fourth-order valence-electron chi connectivity index (χ4n) is 4.82. The van der Waals surface area contributed by atoms with E-state index in [1.54, 1.807) is 4.68 Å². The van der Waals surface area contributed by atoms with Crippen LogP contribution in [0.3, 0.4) is 0 Å². The van der Waals surface area contributed by atoms with Crippen molar-refractivity contribution in [3.8, 4) is 0 Å². The summed E-state index contributed by atoms with van der Waals surface area (Å²) in [6, 6.07) is 0.177. The van der Waals surface area contributed by atoms with E-state index in [1.807, 2.05) is 25.6 Å². The van der Waals surface area contributed by atoms with E-state index < -0.39 is 5.91 Å². The van der Waals surface area contributed by atoms with E-state index in [9.17, 15) is 9.59 Å². The molecule has 1 aliphatic heterocycles. The fraction of sp³-hybridized carbons (Fsp3) is 0.625. The molecule has 2 aromatic rings. The Morgan fingerprint density at radius 1 is 1.22 bits per heavy atom. The van der Waals surface area contributed by atoms with E-state index in [-0.39, 0.29) is 29.5 Å². The lowest BCUT2D eigenvalue weighted by atomic mass is 9.96. The van der Waals surface area contributed by atoms with Crippen LogP contribution in [-0.4, -0.2) is 26.5 Å². The Morgan fingerprint density at radius 3 is 2.62 bits per heavy atom. The highest BCUT2D eigenvalue weighted by molar-refractivity contribution is 6.04. The van der Waals surface area contributed by atoms with E-state index >= 15 is 0 Å². The zero-order valence-corrected chi connectivity index (χ0v) is 19.7. The van der Waals surface area contributed by atoms with Crippen LogP contribution in [0, 0.1) is 19.8 Å². The summed E-state index contributed by atoms with van der Waals surface area (Å²) >= 11 is 0. The number of anilines is 1.